The Balaban J connectivity index is 1.90. The summed E-state index contributed by atoms with van der Waals surface area (Å²) < 4.78 is 26.7. The number of alkyl halides is 2. The van der Waals surface area contributed by atoms with Crippen LogP contribution in [0.1, 0.15) is 43.3 Å². The summed E-state index contributed by atoms with van der Waals surface area (Å²) >= 11 is 0. The Hall–Kier alpha value is -2.65. The molecule has 1 unspecified atom stereocenters. The zero-order chi connectivity index (χ0) is 15.7. The molecule has 8 nitrogen and oxygen atoms in total. The van der Waals surface area contributed by atoms with Crippen LogP contribution < -0.4 is 5.32 Å². The lowest BCUT2D eigenvalue weighted by Crippen LogP contribution is -2.14. The minimum atomic E-state index is -2.74. The molecule has 0 aliphatic heterocycles. The SMILES string of the molecule is CCC(Nc1ccc2nnc(C(F)F)n2n1)c1n[nH]c(C)n1. The van der Waals surface area contributed by atoms with Crippen LogP contribution in [-0.2, 0) is 0 Å². The predicted molar refractivity (Wildman–Crippen MR) is 73.5 cm³/mol. The summed E-state index contributed by atoms with van der Waals surface area (Å²) in [6, 6.07) is 3.05. The smallest absolute Gasteiger partial charge is 0.299 e. The molecule has 0 radical (unpaired) electrons. The highest BCUT2D eigenvalue weighted by molar-refractivity contribution is 5.44. The van der Waals surface area contributed by atoms with Gasteiger partial charge in [0, 0.05) is 0 Å². The molecule has 0 bridgehead atoms. The fourth-order valence-corrected chi connectivity index (χ4v) is 2.06. The van der Waals surface area contributed by atoms with Gasteiger partial charge in [-0.15, -0.1) is 15.3 Å². The average molecular weight is 308 g/mol. The maximum Gasteiger partial charge on any atom is 0.299 e. The van der Waals surface area contributed by atoms with E-state index in [2.05, 4.69) is 35.8 Å². The molecule has 0 saturated carbocycles. The number of aryl methyl sites for hydroxylation is 1. The van der Waals surface area contributed by atoms with Crippen molar-refractivity contribution in [2.24, 2.45) is 0 Å². The van der Waals surface area contributed by atoms with E-state index in [9.17, 15) is 8.78 Å². The fourth-order valence-electron chi connectivity index (χ4n) is 2.06. The molecular formula is C12H14F2N8. The van der Waals surface area contributed by atoms with Gasteiger partial charge in [-0.25, -0.2) is 13.8 Å². The number of H-pyrrole nitrogens is 1. The van der Waals surface area contributed by atoms with E-state index in [1.165, 1.54) is 0 Å². The van der Waals surface area contributed by atoms with Gasteiger partial charge in [-0.05, 0) is 25.5 Å². The van der Waals surface area contributed by atoms with E-state index in [1.807, 2.05) is 6.92 Å². The quantitative estimate of drug-likeness (QED) is 0.749. The van der Waals surface area contributed by atoms with E-state index in [0.29, 0.717) is 23.9 Å². The van der Waals surface area contributed by atoms with Crippen LogP contribution in [0.15, 0.2) is 12.1 Å². The van der Waals surface area contributed by atoms with E-state index < -0.39 is 12.2 Å². The highest BCUT2D eigenvalue weighted by atomic mass is 19.3. The van der Waals surface area contributed by atoms with Gasteiger partial charge in [0.25, 0.3) is 6.43 Å². The topological polar surface area (TPSA) is 96.7 Å². The van der Waals surface area contributed by atoms with Crippen molar-refractivity contribution in [3.05, 3.63) is 29.6 Å². The normalized spacial score (nSPS) is 13.0. The van der Waals surface area contributed by atoms with Gasteiger partial charge < -0.3 is 5.32 Å². The second-order valence-corrected chi connectivity index (χ2v) is 4.73. The first kappa shape index (κ1) is 14.3. The van der Waals surface area contributed by atoms with Gasteiger partial charge in [0.15, 0.2) is 11.5 Å². The van der Waals surface area contributed by atoms with E-state index in [0.717, 1.165) is 4.52 Å². The Morgan fingerprint density at radius 3 is 2.77 bits per heavy atom. The number of fused-ring (bicyclic) bond motifs is 1. The monoisotopic (exact) mass is 308 g/mol. The lowest BCUT2D eigenvalue weighted by atomic mass is 10.2. The number of aromatic nitrogens is 7. The molecule has 1 atom stereocenters. The molecule has 0 amide bonds. The Kier molecular flexibility index (Phi) is 3.65. The molecule has 116 valence electrons. The molecule has 10 heteroatoms. The van der Waals surface area contributed by atoms with Gasteiger partial charge in [-0.3, -0.25) is 5.10 Å². The molecule has 3 aromatic rings. The summed E-state index contributed by atoms with van der Waals surface area (Å²) in [4.78, 5) is 4.27. The van der Waals surface area contributed by atoms with Crippen molar-refractivity contribution in [1.29, 1.82) is 0 Å². The number of anilines is 1. The molecule has 0 saturated heterocycles. The zero-order valence-corrected chi connectivity index (χ0v) is 12.0. The molecule has 0 aliphatic rings. The molecule has 3 aromatic heterocycles. The van der Waals surface area contributed by atoms with E-state index >= 15 is 0 Å². The summed E-state index contributed by atoms with van der Waals surface area (Å²) in [6.07, 6.45) is -2.03. The van der Waals surface area contributed by atoms with Crippen LogP contribution in [0.3, 0.4) is 0 Å². The second kappa shape index (κ2) is 5.62. The Bertz CT molecular complexity index is 780. The number of aromatic amines is 1. The van der Waals surface area contributed by atoms with E-state index in [1.54, 1.807) is 19.1 Å². The zero-order valence-electron chi connectivity index (χ0n) is 12.0. The van der Waals surface area contributed by atoms with Gasteiger partial charge in [-0.2, -0.15) is 9.61 Å². The summed E-state index contributed by atoms with van der Waals surface area (Å²) in [5.74, 6) is 1.24. The van der Waals surface area contributed by atoms with Gasteiger partial charge in [0.05, 0.1) is 6.04 Å². The molecule has 22 heavy (non-hydrogen) atoms. The van der Waals surface area contributed by atoms with Crippen LogP contribution >= 0.6 is 0 Å². The second-order valence-electron chi connectivity index (χ2n) is 4.73. The van der Waals surface area contributed by atoms with Crippen molar-refractivity contribution in [2.45, 2.75) is 32.7 Å². The minimum Gasteiger partial charge on any atom is -0.359 e. The Morgan fingerprint density at radius 1 is 1.32 bits per heavy atom. The maximum absolute atomic E-state index is 12.9. The lowest BCUT2D eigenvalue weighted by Gasteiger charge is -2.14. The standard InChI is InChI=1S/C12H14F2N8/c1-3-7(11-15-6(2)17-19-11)16-8-4-5-9-18-20-12(10(13)14)22(9)21-8/h4-5,7,10H,3H2,1-2H3,(H,16,21)(H,15,17,19). The van der Waals surface area contributed by atoms with Crippen LogP contribution in [-0.4, -0.2) is 35.0 Å². The number of nitrogens with zero attached hydrogens (tertiary/aromatic N) is 6. The number of hydrogen-bond donors (Lipinski definition) is 2. The molecule has 0 spiro atoms. The van der Waals surface area contributed by atoms with Crippen molar-refractivity contribution >= 4 is 11.5 Å². The number of hydrogen-bond acceptors (Lipinski definition) is 6. The summed E-state index contributed by atoms with van der Waals surface area (Å²) in [6.45, 7) is 3.77. The maximum atomic E-state index is 12.9. The highest BCUT2D eigenvalue weighted by Crippen LogP contribution is 2.21. The Morgan fingerprint density at radius 2 is 2.14 bits per heavy atom. The van der Waals surface area contributed by atoms with Crippen LogP contribution in [0.25, 0.3) is 5.65 Å². The van der Waals surface area contributed by atoms with Crippen LogP contribution in [0.2, 0.25) is 0 Å². The van der Waals surface area contributed by atoms with Crippen molar-refractivity contribution in [1.82, 2.24) is 35.0 Å². The molecular weight excluding hydrogens is 294 g/mol. The molecule has 3 rings (SSSR count). The number of rotatable bonds is 5. The van der Waals surface area contributed by atoms with Crippen LogP contribution in [0.4, 0.5) is 14.6 Å². The van der Waals surface area contributed by atoms with Crippen LogP contribution in [0, 0.1) is 6.92 Å². The van der Waals surface area contributed by atoms with Crippen molar-refractivity contribution in [3.63, 3.8) is 0 Å². The van der Waals surface area contributed by atoms with Crippen LogP contribution in [0.5, 0.6) is 0 Å². The largest absolute Gasteiger partial charge is 0.359 e. The van der Waals surface area contributed by atoms with Gasteiger partial charge in [-0.1, -0.05) is 6.92 Å². The number of nitrogens with one attached hydrogen (secondary N) is 2. The molecule has 2 N–H and O–H groups in total. The third-order valence-electron chi connectivity index (χ3n) is 3.14. The first-order chi connectivity index (χ1) is 10.6. The summed E-state index contributed by atoms with van der Waals surface area (Å²) in [5.41, 5.74) is 0.266. The van der Waals surface area contributed by atoms with E-state index in [4.69, 9.17) is 0 Å². The van der Waals surface area contributed by atoms with E-state index in [-0.39, 0.29) is 11.7 Å². The Labute approximate surface area is 124 Å². The van der Waals surface area contributed by atoms with Crippen molar-refractivity contribution in [3.8, 4) is 0 Å². The first-order valence-electron chi connectivity index (χ1n) is 6.74. The van der Waals surface area contributed by atoms with Gasteiger partial charge >= 0.3 is 0 Å². The molecule has 3 heterocycles. The highest BCUT2D eigenvalue weighted by Gasteiger charge is 2.19. The van der Waals surface area contributed by atoms with Gasteiger partial charge in [0.2, 0.25) is 5.82 Å². The first-order valence-corrected chi connectivity index (χ1v) is 6.74. The lowest BCUT2D eigenvalue weighted by molar-refractivity contribution is 0.137. The van der Waals surface area contributed by atoms with Crippen molar-refractivity contribution < 1.29 is 8.78 Å². The number of halogens is 2. The predicted octanol–water partition coefficient (Wildman–Crippen LogP) is 2.05. The average Bonchev–Trinajstić information content (AvgIpc) is 3.10. The molecule has 0 fully saturated rings. The molecule has 0 aromatic carbocycles. The minimum absolute atomic E-state index is 0.179. The molecule has 0 aliphatic carbocycles. The fraction of sp³-hybridized carbons (Fsp3) is 0.417. The third kappa shape index (κ3) is 2.59. The van der Waals surface area contributed by atoms with Crippen molar-refractivity contribution in [2.75, 3.05) is 5.32 Å². The third-order valence-corrected chi connectivity index (χ3v) is 3.14. The summed E-state index contributed by atoms with van der Waals surface area (Å²) in [7, 11) is 0. The van der Waals surface area contributed by atoms with Gasteiger partial charge in [0.1, 0.15) is 11.6 Å². The summed E-state index contributed by atoms with van der Waals surface area (Å²) in [5, 5.41) is 21.2.